The molecule has 0 N–H and O–H groups in total. The molecule has 0 heteroatoms. The van der Waals surface area contributed by atoms with E-state index < -0.39 is 0 Å². The topological polar surface area (TPSA) is 0 Å². The third-order valence-corrected chi connectivity index (χ3v) is 12.4. The van der Waals surface area contributed by atoms with E-state index in [1.54, 1.807) is 12.8 Å². The van der Waals surface area contributed by atoms with Crippen molar-refractivity contribution in [2.45, 2.75) is 180 Å². The van der Waals surface area contributed by atoms with Crippen LogP contribution in [-0.2, 0) is 0 Å². The Bertz CT molecular complexity index is 607. The van der Waals surface area contributed by atoms with Crippen molar-refractivity contribution < 1.29 is 0 Å². The van der Waals surface area contributed by atoms with Crippen LogP contribution in [0, 0.1) is 51.2 Å². The molecule has 4 aliphatic carbocycles. The van der Waals surface area contributed by atoms with Crippen molar-refractivity contribution in [3.63, 3.8) is 0 Å². The molecule has 9 atom stereocenters. The van der Waals surface area contributed by atoms with Crippen molar-refractivity contribution >= 4 is 0 Å². The molecule has 4 rings (SSSR count). The van der Waals surface area contributed by atoms with E-state index in [2.05, 4.69) is 62.3 Å². The van der Waals surface area contributed by atoms with E-state index in [0.29, 0.717) is 21.7 Å². The van der Waals surface area contributed by atoms with E-state index in [9.17, 15) is 0 Å². The van der Waals surface area contributed by atoms with Crippen molar-refractivity contribution in [2.75, 3.05) is 0 Å². The summed E-state index contributed by atoms with van der Waals surface area (Å²) < 4.78 is 0. The van der Waals surface area contributed by atoms with Crippen LogP contribution in [0.4, 0.5) is 0 Å². The van der Waals surface area contributed by atoms with Gasteiger partial charge in [-0.2, -0.15) is 0 Å². The van der Waals surface area contributed by atoms with Gasteiger partial charge in [0.1, 0.15) is 0 Å². The first-order valence-corrected chi connectivity index (χ1v) is 17.1. The molecule has 4 saturated carbocycles. The van der Waals surface area contributed by atoms with Gasteiger partial charge in [0, 0.05) is 0 Å². The molecule has 0 amide bonds. The molecule has 0 saturated heterocycles. The molecule has 0 aromatic carbocycles. The quantitative estimate of drug-likeness (QED) is 0.349. The highest BCUT2D eigenvalue weighted by atomic mass is 14.7. The van der Waals surface area contributed by atoms with Gasteiger partial charge in [0.15, 0.2) is 0 Å². The Morgan fingerprint density at radius 3 is 1.89 bits per heavy atom. The highest BCUT2D eigenvalue weighted by Gasteiger charge is 2.69. The summed E-state index contributed by atoms with van der Waals surface area (Å²) in [6.07, 6.45) is 20.6. The molecule has 0 aromatic heterocycles. The predicted molar refractivity (Wildman–Crippen MR) is 166 cm³/mol. The molecule has 0 nitrogen and oxygen atoms in total. The van der Waals surface area contributed by atoms with Crippen molar-refractivity contribution in [3.05, 3.63) is 0 Å². The van der Waals surface area contributed by atoms with Crippen molar-refractivity contribution in [1.29, 1.82) is 0 Å². The van der Waals surface area contributed by atoms with Gasteiger partial charge in [-0.1, -0.05) is 129 Å². The zero-order valence-electron chi connectivity index (χ0n) is 27.8. The smallest absolute Gasteiger partial charge is 0.0233 e. The molecule has 0 heterocycles. The normalized spacial score (nSPS) is 43.6. The molecule has 0 aromatic rings. The monoisotopic (exact) mass is 505 g/mol. The minimum absolute atomic E-state index is 0.567. The molecule has 0 aliphatic heterocycles. The van der Waals surface area contributed by atoms with Gasteiger partial charge in [-0.25, -0.2) is 0 Å². The second-order valence-electron chi connectivity index (χ2n) is 14.1. The summed E-state index contributed by atoms with van der Waals surface area (Å²) in [6, 6.07) is 0. The van der Waals surface area contributed by atoms with Crippen LogP contribution < -0.4 is 0 Å². The Balaban J connectivity index is 0.000000844. The molecule has 36 heavy (non-hydrogen) atoms. The van der Waals surface area contributed by atoms with E-state index in [1.165, 1.54) is 77.0 Å². The fourth-order valence-corrected chi connectivity index (χ4v) is 10.5. The number of fused-ring (bicyclic) bond motifs is 5. The molecule has 4 fully saturated rings. The number of unbranched alkanes of at least 4 members (excludes halogenated alkanes) is 1. The van der Waals surface area contributed by atoms with E-state index in [4.69, 9.17) is 0 Å². The maximum Gasteiger partial charge on any atom is -0.0233 e. The summed E-state index contributed by atoms with van der Waals surface area (Å²) >= 11 is 0. The lowest BCUT2D eigenvalue weighted by Gasteiger charge is -2.70. The summed E-state index contributed by atoms with van der Waals surface area (Å²) in [6.45, 7) is 30.8. The molecule has 9 unspecified atom stereocenters. The average Bonchev–Trinajstić information content (AvgIpc) is 3.16. The van der Waals surface area contributed by atoms with Gasteiger partial charge in [-0.05, 0) is 103 Å². The summed E-state index contributed by atoms with van der Waals surface area (Å²) in [5.41, 5.74) is 2.38. The highest BCUT2D eigenvalue weighted by Crippen LogP contribution is 2.77. The number of hydrogen-bond donors (Lipinski definition) is 0. The molecular formula is C36H72. The average molecular weight is 505 g/mol. The maximum absolute atomic E-state index is 2.81. The van der Waals surface area contributed by atoms with E-state index in [0.717, 1.165) is 29.6 Å². The van der Waals surface area contributed by atoms with E-state index in [1.807, 2.05) is 27.7 Å². The summed E-state index contributed by atoms with van der Waals surface area (Å²) in [5.74, 6) is 4.84. The van der Waals surface area contributed by atoms with Gasteiger partial charge in [0.2, 0.25) is 0 Å². The summed E-state index contributed by atoms with van der Waals surface area (Å²) in [7, 11) is 0. The Kier molecular flexibility index (Phi) is 13.6. The van der Waals surface area contributed by atoms with Crippen LogP contribution in [-0.4, -0.2) is 0 Å². The van der Waals surface area contributed by atoms with Crippen LogP contribution in [0.5, 0.6) is 0 Å². The van der Waals surface area contributed by atoms with Crippen molar-refractivity contribution in [2.24, 2.45) is 51.2 Å². The molecule has 216 valence electrons. The largest absolute Gasteiger partial charge is 0.0683 e. The van der Waals surface area contributed by atoms with Gasteiger partial charge in [-0.3, -0.25) is 0 Å². The Morgan fingerprint density at radius 1 is 0.750 bits per heavy atom. The maximum atomic E-state index is 2.81. The highest BCUT2D eigenvalue weighted by molar-refractivity contribution is 5.18. The zero-order valence-corrected chi connectivity index (χ0v) is 27.8. The summed E-state index contributed by atoms with van der Waals surface area (Å²) in [4.78, 5) is 0. The summed E-state index contributed by atoms with van der Waals surface area (Å²) in [5, 5.41) is 0. The van der Waals surface area contributed by atoms with E-state index in [-0.39, 0.29) is 0 Å². The molecule has 0 radical (unpaired) electrons. The van der Waals surface area contributed by atoms with Crippen LogP contribution in [0.2, 0.25) is 0 Å². The second-order valence-corrected chi connectivity index (χ2v) is 14.1. The lowest BCUT2D eigenvalue weighted by Crippen LogP contribution is -2.63. The molecule has 0 bridgehead atoms. The van der Waals surface area contributed by atoms with Crippen LogP contribution in [0.3, 0.4) is 0 Å². The molecule has 4 aliphatic rings. The minimum atomic E-state index is 0.567. The van der Waals surface area contributed by atoms with Crippen molar-refractivity contribution in [1.82, 2.24) is 0 Å². The Labute approximate surface area is 231 Å². The van der Waals surface area contributed by atoms with Gasteiger partial charge in [-0.15, -0.1) is 0 Å². The van der Waals surface area contributed by atoms with Gasteiger partial charge in [0.25, 0.3) is 0 Å². The molecular weight excluding hydrogens is 432 g/mol. The minimum Gasteiger partial charge on any atom is -0.0683 e. The SMILES string of the molecule is CC.CC.CCC.CCCCC1(C)CC2CCCCC2(C)C2CCC3(C)C(C(C)CC)CCC3(C)C21. The Morgan fingerprint density at radius 2 is 1.33 bits per heavy atom. The molecule has 0 spiro atoms. The number of rotatable bonds is 5. The number of hydrogen-bond acceptors (Lipinski definition) is 0. The van der Waals surface area contributed by atoms with E-state index >= 15 is 0 Å². The first-order chi connectivity index (χ1) is 17.1. The van der Waals surface area contributed by atoms with Crippen molar-refractivity contribution in [3.8, 4) is 0 Å². The fourth-order valence-electron chi connectivity index (χ4n) is 10.5. The van der Waals surface area contributed by atoms with Gasteiger partial charge < -0.3 is 0 Å². The Hall–Kier alpha value is 0. The second kappa shape index (κ2) is 14.4. The first-order valence-electron chi connectivity index (χ1n) is 17.1. The van der Waals surface area contributed by atoms with Gasteiger partial charge >= 0.3 is 0 Å². The fraction of sp³-hybridized carbons (Fsp3) is 1.00. The van der Waals surface area contributed by atoms with Gasteiger partial charge in [0.05, 0.1) is 0 Å². The van der Waals surface area contributed by atoms with Crippen LogP contribution in [0.15, 0.2) is 0 Å². The third-order valence-electron chi connectivity index (χ3n) is 12.4. The lowest BCUT2D eigenvalue weighted by molar-refractivity contribution is -0.212. The standard InChI is InChI=1S/C29H52.C3H8.2C2H6/c1-8-10-16-26(4)20-22-13-11-12-17-27(22,5)24-15-18-28(6)23(21(3)9-2)14-19-29(28,7)25(24)26;1-3-2;2*1-2/h21-25H,8-20H2,1-7H3;3H2,1-2H3;2*1-2H3. The first kappa shape index (κ1) is 34.0. The lowest BCUT2D eigenvalue weighted by atomic mass is 9.35. The van der Waals surface area contributed by atoms with Crippen LogP contribution in [0.1, 0.15) is 180 Å². The predicted octanol–water partition coefficient (Wildman–Crippen LogP) is 12.7. The van der Waals surface area contributed by atoms with Crippen LogP contribution in [0.25, 0.3) is 0 Å². The third kappa shape index (κ3) is 5.93. The zero-order chi connectivity index (χ0) is 27.8. The van der Waals surface area contributed by atoms with Crippen LogP contribution >= 0.6 is 0 Å².